The van der Waals surface area contributed by atoms with Crippen molar-refractivity contribution in [1.29, 1.82) is 0 Å². The van der Waals surface area contributed by atoms with Gasteiger partial charge in [-0.1, -0.05) is 30.3 Å². The molecule has 1 N–H and O–H groups in total. The highest BCUT2D eigenvalue weighted by Gasteiger charge is 1.91. The molecule has 0 amide bonds. The first-order valence-electron chi connectivity index (χ1n) is 4.40. The van der Waals surface area contributed by atoms with Crippen LogP contribution < -0.4 is 0 Å². The Morgan fingerprint density at radius 3 is 2.58 bits per heavy atom. The summed E-state index contributed by atoms with van der Waals surface area (Å²) in [7, 11) is 0. The predicted octanol–water partition coefficient (Wildman–Crippen LogP) is 2.21. The second-order valence-electron chi connectivity index (χ2n) is 2.85. The third-order valence-electron chi connectivity index (χ3n) is 1.85. The van der Waals surface area contributed by atoms with Gasteiger partial charge in [-0.15, -0.1) is 0 Å². The minimum atomic E-state index is 0.203. The molecule has 12 heavy (non-hydrogen) atoms. The van der Waals surface area contributed by atoms with Crippen molar-refractivity contribution in [3.8, 4) is 0 Å². The van der Waals surface area contributed by atoms with E-state index in [1.807, 2.05) is 12.5 Å². The maximum Gasteiger partial charge on any atom is 0.0462 e. The molecule has 1 aromatic carbocycles. The van der Waals surface area contributed by atoms with Crippen LogP contribution in [0.2, 0.25) is 0 Å². The highest BCUT2D eigenvalue weighted by atomic mass is 16.2. The first kappa shape index (κ1) is 9.27. The second-order valence-corrected chi connectivity index (χ2v) is 2.85. The number of hydrogen-bond donors (Lipinski definition) is 1. The van der Waals surface area contributed by atoms with Gasteiger partial charge in [0.05, 0.1) is 0 Å². The van der Waals surface area contributed by atoms with Gasteiger partial charge in [-0.25, -0.2) is 0 Å². The molecule has 0 bridgehead atoms. The van der Waals surface area contributed by atoms with E-state index in [9.17, 15) is 0 Å². The average Bonchev–Trinajstić information content (AvgIpc) is 2.14. The largest absolute Gasteiger partial charge is 0.396 e. The summed E-state index contributed by atoms with van der Waals surface area (Å²) in [6, 6.07) is 10.4. The molecule has 0 fully saturated rings. The minimum absolute atomic E-state index is 0.203. The zero-order valence-corrected chi connectivity index (χ0v) is 7.24. The van der Waals surface area contributed by atoms with E-state index in [2.05, 4.69) is 24.3 Å². The van der Waals surface area contributed by atoms with Crippen molar-refractivity contribution in [3.63, 3.8) is 0 Å². The standard InChI is InChI=1S/C11H15O/c12-10-6-2-5-9-11-7-3-1-4-8-11/h1,3-4,6-8,12H,2,5,9-10H2. The molecule has 0 spiro atoms. The van der Waals surface area contributed by atoms with Gasteiger partial charge in [0.15, 0.2) is 0 Å². The lowest BCUT2D eigenvalue weighted by atomic mass is 10.1. The van der Waals surface area contributed by atoms with Gasteiger partial charge in [0.2, 0.25) is 0 Å². The molecule has 1 aromatic rings. The maximum atomic E-state index is 8.51. The molecule has 0 atom stereocenters. The summed E-state index contributed by atoms with van der Waals surface area (Å²) in [4.78, 5) is 0. The minimum Gasteiger partial charge on any atom is -0.396 e. The molecule has 0 aliphatic heterocycles. The van der Waals surface area contributed by atoms with Gasteiger partial charge in [0.25, 0.3) is 0 Å². The van der Waals surface area contributed by atoms with Crippen molar-refractivity contribution in [2.75, 3.05) is 6.61 Å². The molecule has 1 heteroatoms. The zero-order valence-electron chi connectivity index (χ0n) is 7.24. The van der Waals surface area contributed by atoms with E-state index in [1.54, 1.807) is 0 Å². The van der Waals surface area contributed by atoms with Crippen LogP contribution in [-0.2, 0) is 6.42 Å². The van der Waals surface area contributed by atoms with Crippen molar-refractivity contribution in [2.45, 2.75) is 19.3 Å². The summed E-state index contributed by atoms with van der Waals surface area (Å²) in [6.45, 7) is 0.203. The Balaban J connectivity index is 2.16. The van der Waals surface area contributed by atoms with E-state index in [1.165, 1.54) is 5.56 Å². The van der Waals surface area contributed by atoms with Crippen LogP contribution in [0.1, 0.15) is 18.4 Å². The first-order valence-corrected chi connectivity index (χ1v) is 4.40. The number of aliphatic hydroxyl groups is 1. The molecule has 0 aliphatic rings. The van der Waals surface area contributed by atoms with Gasteiger partial charge < -0.3 is 5.11 Å². The number of unbranched alkanes of at least 4 members (excludes halogenated alkanes) is 2. The lowest BCUT2D eigenvalue weighted by molar-refractivity contribution is 0.322. The molecule has 0 aromatic heterocycles. The quantitative estimate of drug-likeness (QED) is 0.660. The second kappa shape index (κ2) is 5.78. The van der Waals surface area contributed by atoms with Crippen LogP contribution in [0.5, 0.6) is 0 Å². The highest BCUT2D eigenvalue weighted by Crippen LogP contribution is 2.04. The van der Waals surface area contributed by atoms with Gasteiger partial charge in [-0.3, -0.25) is 0 Å². The molecule has 0 unspecified atom stereocenters. The maximum absolute atomic E-state index is 8.51. The Labute approximate surface area is 74.1 Å². The summed E-state index contributed by atoms with van der Waals surface area (Å²) in [5, 5.41) is 8.51. The molecular formula is C11H15O. The summed E-state index contributed by atoms with van der Waals surface area (Å²) in [5.74, 6) is 0. The fraction of sp³-hybridized carbons (Fsp3) is 0.364. The molecular weight excluding hydrogens is 148 g/mol. The molecule has 0 saturated carbocycles. The van der Waals surface area contributed by atoms with Crippen LogP contribution in [0, 0.1) is 6.42 Å². The lowest BCUT2D eigenvalue weighted by Crippen LogP contribution is -1.88. The van der Waals surface area contributed by atoms with E-state index in [4.69, 9.17) is 5.11 Å². The number of rotatable bonds is 5. The molecule has 0 aliphatic carbocycles. The van der Waals surface area contributed by atoms with Gasteiger partial charge >= 0.3 is 0 Å². The van der Waals surface area contributed by atoms with Gasteiger partial charge in [0.1, 0.15) is 0 Å². The number of hydrogen-bond acceptors (Lipinski definition) is 1. The van der Waals surface area contributed by atoms with Gasteiger partial charge in [0, 0.05) is 6.61 Å². The van der Waals surface area contributed by atoms with E-state index < -0.39 is 0 Å². The Kier molecular flexibility index (Phi) is 4.47. The average molecular weight is 163 g/mol. The Hall–Kier alpha value is -0.820. The molecule has 1 nitrogen and oxygen atoms in total. The molecule has 1 radical (unpaired) electrons. The van der Waals surface area contributed by atoms with Gasteiger partial charge in [-0.2, -0.15) is 0 Å². The van der Waals surface area contributed by atoms with E-state index in [0.717, 1.165) is 19.3 Å². The molecule has 1 rings (SSSR count). The summed E-state index contributed by atoms with van der Waals surface area (Å²) in [5.41, 5.74) is 1.38. The van der Waals surface area contributed by atoms with Crippen LogP contribution in [0.3, 0.4) is 0 Å². The Bertz CT molecular complexity index is 193. The van der Waals surface area contributed by atoms with Gasteiger partial charge in [-0.05, 0) is 31.2 Å². The van der Waals surface area contributed by atoms with Crippen molar-refractivity contribution < 1.29 is 5.11 Å². The van der Waals surface area contributed by atoms with Crippen LogP contribution >= 0.6 is 0 Å². The fourth-order valence-corrected chi connectivity index (χ4v) is 1.19. The topological polar surface area (TPSA) is 20.2 Å². The summed E-state index contributed by atoms with van der Waals surface area (Å²) >= 11 is 0. The molecule has 0 heterocycles. The van der Waals surface area contributed by atoms with E-state index >= 15 is 0 Å². The molecule has 0 saturated heterocycles. The van der Waals surface area contributed by atoms with Crippen molar-refractivity contribution in [2.24, 2.45) is 0 Å². The highest BCUT2D eigenvalue weighted by molar-refractivity contribution is 5.14. The van der Waals surface area contributed by atoms with E-state index in [-0.39, 0.29) is 6.61 Å². The smallest absolute Gasteiger partial charge is 0.0462 e. The summed E-state index contributed by atoms with van der Waals surface area (Å²) < 4.78 is 0. The number of benzene rings is 1. The zero-order chi connectivity index (χ0) is 8.65. The predicted molar refractivity (Wildman–Crippen MR) is 50.8 cm³/mol. The Morgan fingerprint density at radius 1 is 1.17 bits per heavy atom. The van der Waals surface area contributed by atoms with Crippen LogP contribution in [-0.4, -0.2) is 11.7 Å². The first-order chi connectivity index (χ1) is 5.93. The van der Waals surface area contributed by atoms with Crippen LogP contribution in [0.25, 0.3) is 0 Å². The fourth-order valence-electron chi connectivity index (χ4n) is 1.19. The monoisotopic (exact) mass is 163 g/mol. The third kappa shape index (κ3) is 3.54. The van der Waals surface area contributed by atoms with Crippen LogP contribution in [0.15, 0.2) is 30.3 Å². The summed E-state index contributed by atoms with van der Waals surface area (Å²) in [6.07, 6.45) is 5.15. The molecule has 65 valence electrons. The van der Waals surface area contributed by atoms with Crippen LogP contribution in [0.4, 0.5) is 0 Å². The normalized spacial score (nSPS) is 10.1. The van der Waals surface area contributed by atoms with Crippen molar-refractivity contribution in [3.05, 3.63) is 42.3 Å². The lowest BCUT2D eigenvalue weighted by Gasteiger charge is -1.99. The van der Waals surface area contributed by atoms with Crippen molar-refractivity contribution >= 4 is 0 Å². The van der Waals surface area contributed by atoms with E-state index in [0.29, 0.717) is 0 Å². The number of aliphatic hydroxyl groups excluding tert-OH is 1. The SMILES string of the molecule is OC[CH]CCCc1ccccc1. The van der Waals surface area contributed by atoms with Crippen molar-refractivity contribution in [1.82, 2.24) is 0 Å². The third-order valence-corrected chi connectivity index (χ3v) is 1.85. The Morgan fingerprint density at radius 2 is 1.92 bits per heavy atom. The number of aryl methyl sites for hydroxylation is 1.